The average Bonchev–Trinajstić information content (AvgIpc) is 2.53. The quantitative estimate of drug-likeness (QED) is 0.473. The third-order valence-electron chi connectivity index (χ3n) is 2.53. The molecule has 0 aromatic carbocycles. The van der Waals surface area contributed by atoms with Gasteiger partial charge in [0.25, 0.3) is 0 Å². The first-order valence-electron chi connectivity index (χ1n) is 5.26. The van der Waals surface area contributed by atoms with Gasteiger partial charge in [0.15, 0.2) is 0 Å². The van der Waals surface area contributed by atoms with Crippen molar-refractivity contribution in [1.29, 1.82) is 0 Å². The number of carbonyl (C=O) groups is 1. The maximum absolute atomic E-state index is 11.2. The highest BCUT2D eigenvalue weighted by molar-refractivity contribution is 6.28. The molecule has 1 amide bonds. The molecule has 1 aliphatic heterocycles. The molecule has 0 bridgehead atoms. The molecule has 0 saturated carbocycles. The second-order valence-electron chi connectivity index (χ2n) is 3.69. The maximum atomic E-state index is 11.2. The zero-order valence-corrected chi connectivity index (χ0v) is 10.1. The molecule has 96 valence electrons. The van der Waals surface area contributed by atoms with E-state index in [0.717, 1.165) is 6.20 Å². The van der Waals surface area contributed by atoms with Crippen molar-refractivity contribution in [3.63, 3.8) is 0 Å². The zero-order chi connectivity index (χ0) is 13.1. The molecule has 2 heterocycles. The summed E-state index contributed by atoms with van der Waals surface area (Å²) in [5, 5.41) is 13.5. The third kappa shape index (κ3) is 2.65. The number of halogens is 1. The summed E-state index contributed by atoms with van der Waals surface area (Å²) in [6.45, 7) is 1.22. The molecule has 1 N–H and O–H groups in total. The van der Waals surface area contributed by atoms with Crippen LogP contribution in [0.1, 0.15) is 6.42 Å². The van der Waals surface area contributed by atoms with Crippen molar-refractivity contribution in [2.45, 2.75) is 6.42 Å². The standard InChI is InChI=1S/C9H10ClN5O3/c10-9-12-5-6(15(17)18)8(13-9)14-3-1-7(16)11-2-4-14/h5H,1-4H2,(H,11,16). The topological polar surface area (TPSA) is 101 Å². The lowest BCUT2D eigenvalue weighted by Gasteiger charge is -2.19. The Morgan fingerprint density at radius 2 is 2.28 bits per heavy atom. The molecule has 8 nitrogen and oxygen atoms in total. The number of hydrogen-bond donors (Lipinski definition) is 1. The molecule has 0 unspecified atom stereocenters. The number of amides is 1. The highest BCUT2D eigenvalue weighted by Gasteiger charge is 2.24. The van der Waals surface area contributed by atoms with Gasteiger partial charge in [-0.05, 0) is 11.6 Å². The van der Waals surface area contributed by atoms with Crippen molar-refractivity contribution in [2.24, 2.45) is 0 Å². The van der Waals surface area contributed by atoms with Crippen LogP contribution >= 0.6 is 11.6 Å². The first-order valence-corrected chi connectivity index (χ1v) is 5.64. The van der Waals surface area contributed by atoms with Crippen molar-refractivity contribution < 1.29 is 9.72 Å². The van der Waals surface area contributed by atoms with Gasteiger partial charge in [0.2, 0.25) is 17.0 Å². The van der Waals surface area contributed by atoms with Gasteiger partial charge >= 0.3 is 5.69 Å². The highest BCUT2D eigenvalue weighted by Crippen LogP contribution is 2.26. The number of carbonyl (C=O) groups excluding carboxylic acids is 1. The molecule has 0 atom stereocenters. The Kier molecular flexibility index (Phi) is 3.56. The average molecular weight is 272 g/mol. The number of rotatable bonds is 2. The van der Waals surface area contributed by atoms with E-state index in [1.54, 1.807) is 4.90 Å². The molecule has 18 heavy (non-hydrogen) atoms. The summed E-state index contributed by atoms with van der Waals surface area (Å²) in [7, 11) is 0. The molecular weight excluding hydrogens is 262 g/mol. The summed E-state index contributed by atoms with van der Waals surface area (Å²) in [5.41, 5.74) is -0.214. The number of nitro groups is 1. The van der Waals surface area contributed by atoms with Gasteiger partial charge in [0, 0.05) is 26.1 Å². The molecule has 1 fully saturated rings. The molecule has 1 aromatic heterocycles. The van der Waals surface area contributed by atoms with E-state index in [9.17, 15) is 14.9 Å². The summed E-state index contributed by atoms with van der Waals surface area (Å²) < 4.78 is 0. The SMILES string of the molecule is O=C1CCN(c2nc(Cl)ncc2[N+](=O)[O-])CCN1. The number of nitrogens with zero attached hydrogens (tertiary/aromatic N) is 4. The van der Waals surface area contributed by atoms with Gasteiger partial charge in [-0.1, -0.05) is 0 Å². The molecule has 1 aliphatic rings. The van der Waals surface area contributed by atoms with E-state index in [1.807, 2.05) is 0 Å². The Morgan fingerprint density at radius 1 is 1.50 bits per heavy atom. The zero-order valence-electron chi connectivity index (χ0n) is 9.30. The molecule has 1 aromatic rings. The predicted octanol–water partition coefficient (Wildman–Crippen LogP) is 0.364. The highest BCUT2D eigenvalue weighted by atomic mass is 35.5. The van der Waals surface area contributed by atoms with Gasteiger partial charge in [-0.3, -0.25) is 14.9 Å². The predicted molar refractivity (Wildman–Crippen MR) is 63.5 cm³/mol. The van der Waals surface area contributed by atoms with E-state index in [4.69, 9.17) is 11.6 Å². The van der Waals surface area contributed by atoms with E-state index >= 15 is 0 Å². The summed E-state index contributed by atoms with van der Waals surface area (Å²) >= 11 is 5.66. The first kappa shape index (κ1) is 12.5. The Morgan fingerprint density at radius 3 is 3.00 bits per heavy atom. The Hall–Kier alpha value is -1.96. The lowest BCUT2D eigenvalue weighted by molar-refractivity contribution is -0.384. The molecule has 1 saturated heterocycles. The first-order chi connectivity index (χ1) is 8.58. The van der Waals surface area contributed by atoms with Gasteiger partial charge in [-0.15, -0.1) is 0 Å². The number of nitrogens with one attached hydrogen (secondary N) is 1. The number of anilines is 1. The molecule has 0 spiro atoms. The fourth-order valence-corrected chi connectivity index (χ4v) is 1.81. The second-order valence-corrected chi connectivity index (χ2v) is 4.03. The summed E-state index contributed by atoms with van der Waals surface area (Å²) in [5.74, 6) is 0.0665. The van der Waals surface area contributed by atoms with E-state index in [2.05, 4.69) is 15.3 Å². The van der Waals surface area contributed by atoms with E-state index in [1.165, 1.54) is 0 Å². The summed E-state index contributed by atoms with van der Waals surface area (Å²) in [6.07, 6.45) is 1.34. The molecule has 0 aliphatic carbocycles. The van der Waals surface area contributed by atoms with Gasteiger partial charge in [-0.2, -0.15) is 4.98 Å². The van der Waals surface area contributed by atoms with Crippen LogP contribution in [0.4, 0.5) is 11.5 Å². The minimum absolute atomic E-state index is 0.0564. The van der Waals surface area contributed by atoms with E-state index in [-0.39, 0.29) is 29.1 Å². The summed E-state index contributed by atoms with van der Waals surface area (Å²) in [6, 6.07) is 0. The number of aromatic nitrogens is 2. The smallest absolute Gasteiger partial charge is 0.329 e. The lowest BCUT2D eigenvalue weighted by atomic mass is 10.3. The Labute approximate surface area is 107 Å². The van der Waals surface area contributed by atoms with Gasteiger partial charge in [0.1, 0.15) is 6.20 Å². The second kappa shape index (κ2) is 5.13. The third-order valence-corrected chi connectivity index (χ3v) is 2.71. The van der Waals surface area contributed by atoms with Crippen LogP contribution in [0.5, 0.6) is 0 Å². The minimum Gasteiger partial charge on any atom is -0.354 e. The van der Waals surface area contributed by atoms with Crippen molar-refractivity contribution >= 4 is 29.0 Å². The van der Waals surface area contributed by atoms with Crippen LogP contribution in [-0.4, -0.2) is 40.4 Å². The molecular formula is C9H10ClN5O3. The van der Waals surface area contributed by atoms with Crippen molar-refractivity contribution in [3.8, 4) is 0 Å². The van der Waals surface area contributed by atoms with E-state index < -0.39 is 4.92 Å². The normalized spacial score (nSPS) is 16.1. The van der Waals surface area contributed by atoms with Crippen LogP contribution in [0.15, 0.2) is 6.20 Å². The molecule has 9 heteroatoms. The van der Waals surface area contributed by atoms with Crippen LogP contribution in [0, 0.1) is 10.1 Å². The van der Waals surface area contributed by atoms with Crippen LogP contribution in [0.2, 0.25) is 5.28 Å². The molecule has 0 radical (unpaired) electrons. The van der Waals surface area contributed by atoms with Crippen molar-refractivity contribution in [2.75, 3.05) is 24.5 Å². The largest absolute Gasteiger partial charge is 0.354 e. The monoisotopic (exact) mass is 271 g/mol. The van der Waals surface area contributed by atoms with Gasteiger partial charge < -0.3 is 10.2 Å². The van der Waals surface area contributed by atoms with Crippen LogP contribution in [-0.2, 0) is 4.79 Å². The number of hydrogen-bond acceptors (Lipinski definition) is 6. The Balaban J connectivity index is 2.33. The maximum Gasteiger partial charge on any atom is 0.329 e. The lowest BCUT2D eigenvalue weighted by Crippen LogP contribution is -2.29. The fourth-order valence-electron chi connectivity index (χ4n) is 1.69. The minimum atomic E-state index is -0.564. The van der Waals surface area contributed by atoms with E-state index in [0.29, 0.717) is 19.6 Å². The fraction of sp³-hybridized carbons (Fsp3) is 0.444. The van der Waals surface area contributed by atoms with Gasteiger partial charge in [0.05, 0.1) is 4.92 Å². The van der Waals surface area contributed by atoms with Crippen LogP contribution in [0.25, 0.3) is 0 Å². The summed E-state index contributed by atoms with van der Waals surface area (Å²) in [4.78, 5) is 30.7. The Bertz CT molecular complexity index is 495. The van der Waals surface area contributed by atoms with Gasteiger partial charge in [-0.25, -0.2) is 4.98 Å². The molecule has 2 rings (SSSR count). The van der Waals surface area contributed by atoms with Crippen LogP contribution < -0.4 is 10.2 Å². The van der Waals surface area contributed by atoms with Crippen LogP contribution in [0.3, 0.4) is 0 Å². The van der Waals surface area contributed by atoms with Crippen molar-refractivity contribution in [1.82, 2.24) is 15.3 Å². The van der Waals surface area contributed by atoms with Crippen molar-refractivity contribution in [3.05, 3.63) is 21.6 Å².